The van der Waals surface area contributed by atoms with Gasteiger partial charge in [0, 0.05) is 53.5 Å². The lowest BCUT2D eigenvalue weighted by molar-refractivity contribution is -0.370. The molecule has 0 aromatic heterocycles. The molecule has 2 aromatic carbocycles. The minimum absolute atomic E-state index is 0.0461. The maximum atomic E-state index is 14.2. The summed E-state index contributed by atoms with van der Waals surface area (Å²) in [6.07, 6.45) is 29.1. The third-order valence-electron chi connectivity index (χ3n) is 31.0. The molecule has 5 aliphatic heterocycles. The van der Waals surface area contributed by atoms with E-state index < -0.39 is 76.1 Å². The molecule has 484 valence electrons. The van der Waals surface area contributed by atoms with E-state index in [9.17, 15) is 45.3 Å². The number of aliphatic hydroxyl groups excluding tert-OH is 4. The number of nitrogens with one attached hydrogen (secondary N) is 2. The van der Waals surface area contributed by atoms with Gasteiger partial charge in [-0.15, -0.1) is 0 Å². The van der Waals surface area contributed by atoms with E-state index in [2.05, 4.69) is 28.8 Å². The molecule has 5 heterocycles. The Kier molecular flexibility index (Phi) is 12.6. The van der Waals surface area contributed by atoms with Crippen LogP contribution >= 0.6 is 0 Å². The minimum Gasteiger partial charge on any atom is -0.507 e. The predicted molar refractivity (Wildman–Crippen MR) is 333 cm³/mol. The van der Waals surface area contributed by atoms with Crippen molar-refractivity contribution in [1.82, 2.24) is 10.9 Å². The number of phenols is 2. The highest BCUT2D eigenvalue weighted by Crippen LogP contribution is 2.83. The van der Waals surface area contributed by atoms with Gasteiger partial charge in [0.15, 0.2) is 11.4 Å². The second kappa shape index (κ2) is 19.3. The lowest BCUT2D eigenvalue weighted by Crippen LogP contribution is -2.82. The van der Waals surface area contributed by atoms with Crippen LogP contribution < -0.4 is 15.6 Å². The number of aromatic hydroxyl groups is 2. The van der Waals surface area contributed by atoms with Crippen LogP contribution in [0.1, 0.15) is 226 Å². The number of aromatic carboxylic acids is 1. The maximum Gasteiger partial charge on any atom is 0.335 e. The lowest BCUT2D eigenvalue weighted by Gasteiger charge is -2.72. The van der Waals surface area contributed by atoms with Crippen molar-refractivity contribution in [3.63, 3.8) is 0 Å². The van der Waals surface area contributed by atoms with Crippen LogP contribution in [-0.4, -0.2) is 121 Å². The molecule has 21 atom stereocenters. The van der Waals surface area contributed by atoms with E-state index in [0.717, 1.165) is 88.9 Å². The molecule has 13 fully saturated rings. The predicted octanol–water partition coefficient (Wildman–Crippen LogP) is 11.1. The first kappa shape index (κ1) is 58.5. The molecule has 0 amide bonds. The first-order chi connectivity index (χ1) is 43.3. The summed E-state index contributed by atoms with van der Waals surface area (Å²) in [7, 11) is 0. The molecule has 15 heteroatoms. The van der Waals surface area contributed by atoms with Crippen LogP contribution in [0.3, 0.4) is 0 Å². The monoisotopic (exact) mass is 1230 g/mol. The van der Waals surface area contributed by atoms with Crippen LogP contribution in [0, 0.1) is 92.2 Å². The van der Waals surface area contributed by atoms with Crippen LogP contribution in [0.25, 0.3) is 10.8 Å². The van der Waals surface area contributed by atoms with Crippen molar-refractivity contribution in [2.75, 3.05) is 26.4 Å². The van der Waals surface area contributed by atoms with Crippen molar-refractivity contribution in [3.8, 4) is 29.1 Å². The van der Waals surface area contributed by atoms with Crippen molar-refractivity contribution in [2.45, 2.75) is 253 Å². The summed E-state index contributed by atoms with van der Waals surface area (Å²) in [6, 6.07) is 2.62. The minimum atomic E-state index is -2.08. The Labute approximate surface area is 529 Å². The largest absolute Gasteiger partial charge is 0.507 e. The fourth-order valence-electron chi connectivity index (χ4n) is 28.2. The summed E-state index contributed by atoms with van der Waals surface area (Å²) < 4.78 is 29.9. The van der Waals surface area contributed by atoms with E-state index in [1.165, 1.54) is 126 Å². The summed E-state index contributed by atoms with van der Waals surface area (Å²) in [5.41, 5.74) is 7.07. The highest BCUT2D eigenvalue weighted by Gasteiger charge is 2.81. The van der Waals surface area contributed by atoms with Gasteiger partial charge in [0.1, 0.15) is 35.1 Å². The lowest BCUT2D eigenvalue weighted by atomic mass is 9.38. The molecule has 15 nitrogen and oxygen atoms in total. The Morgan fingerprint density at radius 1 is 0.811 bits per heavy atom. The Bertz CT molecular complexity index is 3590. The molecule has 3 saturated heterocycles. The number of phenolic OH excluding ortho intramolecular Hbond substituents is 2. The normalized spacial score (nSPS) is 49.5. The molecule has 18 rings (SSSR count). The number of Topliss-reactive ketones (excluding diaryl/α,β-unsaturated/α-hetero) is 1. The third kappa shape index (κ3) is 7.21. The number of carbonyl (C=O) groups excluding carboxylic acids is 1. The van der Waals surface area contributed by atoms with Gasteiger partial charge in [-0.3, -0.25) is 15.6 Å². The van der Waals surface area contributed by atoms with E-state index in [1.54, 1.807) is 0 Å². The smallest absolute Gasteiger partial charge is 0.335 e. The number of ether oxygens (including phenoxy) is 4. The molecule has 10 saturated carbocycles. The molecule has 11 aliphatic carbocycles. The van der Waals surface area contributed by atoms with Gasteiger partial charge in [-0.2, -0.15) is 0 Å². The van der Waals surface area contributed by atoms with Crippen LogP contribution in [0.15, 0.2) is 34.9 Å². The zero-order valence-corrected chi connectivity index (χ0v) is 53.1. The van der Waals surface area contributed by atoms with Crippen molar-refractivity contribution in [3.05, 3.63) is 51.6 Å². The Morgan fingerprint density at radius 3 is 2.42 bits per heavy atom. The number of allylic oxidation sites excluding steroid dienone is 1. The number of benzene rings is 2. The second-order valence-corrected chi connectivity index (χ2v) is 34.1. The molecule has 16 aliphatic rings. The van der Waals surface area contributed by atoms with E-state index in [-0.39, 0.29) is 91.7 Å². The quantitative estimate of drug-likeness (QED) is 0.0679. The molecule has 8 bridgehead atoms. The van der Waals surface area contributed by atoms with Gasteiger partial charge in [-0.1, -0.05) is 37.2 Å². The highest BCUT2D eigenvalue weighted by atomic mass is 16.7. The molecule has 0 unspecified atom stereocenters. The second-order valence-electron chi connectivity index (χ2n) is 34.1. The summed E-state index contributed by atoms with van der Waals surface area (Å²) in [5, 5.41) is 85.7. The number of carboxylic acids is 1. The Balaban J connectivity index is 0.834. The van der Waals surface area contributed by atoms with Crippen molar-refractivity contribution >= 4 is 22.5 Å². The number of fused-ring (bicyclic) bond motifs is 2. The number of ketones is 1. The van der Waals surface area contributed by atoms with Crippen molar-refractivity contribution in [1.29, 1.82) is 0 Å². The van der Waals surface area contributed by atoms with Crippen LogP contribution in [0.5, 0.6) is 17.2 Å². The molecule has 0 radical (unpaired) electrons. The van der Waals surface area contributed by atoms with Gasteiger partial charge >= 0.3 is 5.97 Å². The van der Waals surface area contributed by atoms with Gasteiger partial charge in [-0.05, 0) is 272 Å². The topological polar surface area (TPSA) is 237 Å². The average Bonchev–Trinajstić information content (AvgIpc) is 1.45. The summed E-state index contributed by atoms with van der Waals surface area (Å²) in [6.45, 7) is 3.24. The number of carbonyl (C=O) groups is 2. The van der Waals surface area contributed by atoms with E-state index in [1.807, 2.05) is 0 Å². The Morgan fingerprint density at radius 2 is 1.61 bits per heavy atom. The summed E-state index contributed by atoms with van der Waals surface area (Å²) in [4.78, 5) is 26.2. The van der Waals surface area contributed by atoms with Gasteiger partial charge in [0.2, 0.25) is 6.29 Å². The fraction of sp³-hybridized carbons (Fsp3) is 0.760. The van der Waals surface area contributed by atoms with Gasteiger partial charge in [0.05, 0.1) is 35.3 Å². The van der Waals surface area contributed by atoms with Gasteiger partial charge in [-0.25, -0.2) is 4.79 Å². The van der Waals surface area contributed by atoms with Gasteiger partial charge < -0.3 is 54.7 Å². The molecule has 9 N–H and O–H groups in total. The summed E-state index contributed by atoms with van der Waals surface area (Å²) in [5.74, 6) is 5.93. The fourth-order valence-corrected chi connectivity index (χ4v) is 28.2. The first-order valence-corrected chi connectivity index (χ1v) is 35.7. The zero-order valence-electron chi connectivity index (χ0n) is 53.1. The number of hydrogen-bond acceptors (Lipinski definition) is 14. The molecule has 9 spiro atoms. The molecular formula is C75H96N2O13. The van der Waals surface area contributed by atoms with E-state index in [0.29, 0.717) is 55.6 Å². The Hall–Kier alpha value is -4.08. The number of hydrazine groups is 1. The average molecular weight is 1230 g/mol. The van der Waals surface area contributed by atoms with E-state index >= 15 is 0 Å². The third-order valence-corrected chi connectivity index (χ3v) is 31.0. The van der Waals surface area contributed by atoms with Crippen molar-refractivity contribution in [2.24, 2.45) is 73.4 Å². The molecular weight excluding hydrogens is 1140 g/mol. The SMILES string of the molecule is CC(=O)c1c(C)c(O)c2cc(C(=O)O)cc(O[C@@H]3O[C@@]4(CO)C#CC[C@H]5CCC[C@]56CC[C@@]5(CCC[C@]7(C5)O[C@@]4(C[C@@H]4C5=C7CC=C5[C@@]5(CCCO)COC[C@H]7C[C@@]89C[C@]4(NN[C@H]8C[C@]4(CC[C@@H]8CCC[C@@H]%10CCC[C@@]%10%11CC[C@]84C%11)C9)[C@H]75)[C@H](O)[C@H]3O)C6)c2c1O. The van der Waals surface area contributed by atoms with Crippen LogP contribution in [-0.2, 0) is 14.2 Å². The summed E-state index contributed by atoms with van der Waals surface area (Å²) >= 11 is 0. The molecule has 90 heavy (non-hydrogen) atoms. The van der Waals surface area contributed by atoms with E-state index in [4.69, 9.17) is 18.9 Å². The van der Waals surface area contributed by atoms with Gasteiger partial charge in [0.25, 0.3) is 0 Å². The zero-order chi connectivity index (χ0) is 61.6. The number of carboxylic acid groups (broad SMARTS) is 1. The number of hydrogen-bond donors (Lipinski definition) is 9. The molecule has 2 aromatic rings. The van der Waals surface area contributed by atoms with Crippen molar-refractivity contribution < 1.29 is 64.3 Å². The highest BCUT2D eigenvalue weighted by molar-refractivity contribution is 6.11. The maximum absolute atomic E-state index is 14.2. The first-order valence-electron chi connectivity index (χ1n) is 35.7. The number of rotatable bonds is 8. The standard InChI is InChI=1S/C75H96N2O13/c1-42-55(43(2)80)59(82)56-49(58(42)81)29-44(63(85)86)30-53(56)88-64-60(83)62(84)75-32-52-57-50(14-15-51(57)72(90-75)21-7-17-65(36-72)24-25-66(35-65)18-4-12-47(66)13-6-22-73(75,40-79)89-64)70(20-8-28-78)41-87-34-45-31-68-37-69(33-54(68)76-77-74(52,39-68)61(45)70)23-16-48-10-3-9-46-11-5-19-67(46)26-27-71(48,69)38-67/h14,29-30,45-48,52,54,60-62,64,76-79,81-84H,3-5,7-13,15-21,23-28,31-41H2,1-2H3,(H,85,86)/t45-,46-,47-,48+,52-,54+,60-,61-,62-,64-,65+,66-,67+,68-,69-,70-,71+,72-,73-,74-,75+/m1/s1. The number of aliphatic hydroxyl groups is 4. The van der Waals surface area contributed by atoms with Crippen LogP contribution in [0.4, 0.5) is 0 Å². The van der Waals surface area contributed by atoms with Crippen LogP contribution in [0.2, 0.25) is 0 Å².